The van der Waals surface area contributed by atoms with Gasteiger partial charge in [-0.25, -0.2) is 9.59 Å². The zero-order valence-corrected chi connectivity index (χ0v) is 14.6. The summed E-state index contributed by atoms with van der Waals surface area (Å²) in [5, 5.41) is 4.79. The fourth-order valence-electron chi connectivity index (χ4n) is 1.84. The standard InChI is InChI=1S/C17H14Cl2N2O4/c1-10(25-16(23)12-8-5-9-13(18)14(12)19)15(22)21-17(24)20-11-6-3-2-4-7-11/h2-10H,1H3,(H2,20,21,22,24). The molecule has 2 aromatic rings. The molecular weight excluding hydrogens is 367 g/mol. The molecule has 6 nitrogen and oxygen atoms in total. The number of esters is 1. The molecule has 0 fully saturated rings. The molecule has 0 saturated heterocycles. The highest BCUT2D eigenvalue weighted by molar-refractivity contribution is 6.43. The molecule has 0 heterocycles. The van der Waals surface area contributed by atoms with Gasteiger partial charge in [-0.15, -0.1) is 0 Å². The van der Waals surface area contributed by atoms with E-state index in [4.69, 9.17) is 27.9 Å². The molecule has 2 rings (SSSR count). The number of carbonyl (C=O) groups excluding carboxylic acids is 3. The molecule has 8 heteroatoms. The Morgan fingerprint density at radius 2 is 1.68 bits per heavy atom. The SMILES string of the molecule is CC(OC(=O)c1cccc(Cl)c1Cl)C(=O)NC(=O)Nc1ccccc1. The van der Waals surface area contributed by atoms with E-state index in [-0.39, 0.29) is 15.6 Å². The first-order valence-electron chi connectivity index (χ1n) is 7.20. The molecule has 0 aliphatic carbocycles. The molecule has 0 spiro atoms. The van der Waals surface area contributed by atoms with E-state index in [1.807, 2.05) is 0 Å². The van der Waals surface area contributed by atoms with Gasteiger partial charge < -0.3 is 10.1 Å². The Morgan fingerprint density at radius 1 is 1.00 bits per heavy atom. The lowest BCUT2D eigenvalue weighted by molar-refractivity contribution is -0.127. The maximum absolute atomic E-state index is 12.1. The van der Waals surface area contributed by atoms with E-state index in [0.29, 0.717) is 5.69 Å². The van der Waals surface area contributed by atoms with Gasteiger partial charge in [0.1, 0.15) is 0 Å². The largest absolute Gasteiger partial charge is 0.449 e. The zero-order chi connectivity index (χ0) is 18.4. The van der Waals surface area contributed by atoms with E-state index in [2.05, 4.69) is 10.6 Å². The first kappa shape index (κ1) is 18.8. The third-order valence-electron chi connectivity index (χ3n) is 3.09. The van der Waals surface area contributed by atoms with Gasteiger partial charge in [-0.2, -0.15) is 0 Å². The van der Waals surface area contributed by atoms with Crippen molar-refractivity contribution in [1.29, 1.82) is 0 Å². The second kappa shape index (κ2) is 8.50. The number of imide groups is 1. The zero-order valence-electron chi connectivity index (χ0n) is 13.1. The van der Waals surface area contributed by atoms with Crippen LogP contribution in [0.5, 0.6) is 0 Å². The van der Waals surface area contributed by atoms with Crippen molar-refractivity contribution in [3.8, 4) is 0 Å². The molecule has 25 heavy (non-hydrogen) atoms. The van der Waals surface area contributed by atoms with Gasteiger partial charge in [-0.3, -0.25) is 10.1 Å². The number of halogens is 2. The van der Waals surface area contributed by atoms with Crippen LogP contribution in [0.1, 0.15) is 17.3 Å². The first-order valence-corrected chi connectivity index (χ1v) is 7.96. The van der Waals surface area contributed by atoms with Crippen molar-refractivity contribution in [2.75, 3.05) is 5.32 Å². The van der Waals surface area contributed by atoms with Gasteiger partial charge in [0.25, 0.3) is 5.91 Å². The van der Waals surface area contributed by atoms with Gasteiger partial charge in [0.2, 0.25) is 0 Å². The molecule has 0 aliphatic rings. The normalized spacial score (nSPS) is 11.3. The second-order valence-corrected chi connectivity index (χ2v) is 5.74. The maximum Gasteiger partial charge on any atom is 0.340 e. The summed E-state index contributed by atoms with van der Waals surface area (Å²) < 4.78 is 5.01. The molecule has 2 N–H and O–H groups in total. The van der Waals surface area contributed by atoms with Crippen LogP contribution in [0.15, 0.2) is 48.5 Å². The van der Waals surface area contributed by atoms with E-state index in [1.165, 1.54) is 25.1 Å². The summed E-state index contributed by atoms with van der Waals surface area (Å²) >= 11 is 11.8. The summed E-state index contributed by atoms with van der Waals surface area (Å²) in [6, 6.07) is 12.3. The van der Waals surface area contributed by atoms with Gasteiger partial charge in [0, 0.05) is 5.69 Å². The highest BCUT2D eigenvalue weighted by atomic mass is 35.5. The predicted molar refractivity (Wildman–Crippen MR) is 94.9 cm³/mol. The number of ether oxygens (including phenoxy) is 1. The molecule has 0 aliphatic heterocycles. The second-order valence-electron chi connectivity index (χ2n) is 4.96. The Hall–Kier alpha value is -2.57. The number of anilines is 1. The quantitative estimate of drug-likeness (QED) is 0.787. The number of amides is 3. The number of para-hydroxylation sites is 1. The Balaban J connectivity index is 1.92. The molecule has 130 valence electrons. The molecule has 1 atom stereocenters. The summed E-state index contributed by atoms with van der Waals surface area (Å²) in [5.41, 5.74) is 0.547. The van der Waals surface area contributed by atoms with Gasteiger partial charge in [-0.1, -0.05) is 47.5 Å². The van der Waals surface area contributed by atoms with Crippen molar-refractivity contribution >= 4 is 46.8 Å². The highest BCUT2D eigenvalue weighted by Gasteiger charge is 2.22. The number of benzene rings is 2. The summed E-state index contributed by atoms with van der Waals surface area (Å²) in [7, 11) is 0. The molecule has 0 radical (unpaired) electrons. The van der Waals surface area contributed by atoms with Crippen LogP contribution < -0.4 is 10.6 Å². The van der Waals surface area contributed by atoms with Crippen LogP contribution in [0.25, 0.3) is 0 Å². The van der Waals surface area contributed by atoms with Crippen molar-refractivity contribution in [3.63, 3.8) is 0 Å². The van der Waals surface area contributed by atoms with Crippen molar-refractivity contribution in [3.05, 3.63) is 64.1 Å². The Labute approximate surface area is 154 Å². The van der Waals surface area contributed by atoms with Crippen LogP contribution in [0.2, 0.25) is 10.0 Å². The number of urea groups is 1. The molecule has 3 amide bonds. The topological polar surface area (TPSA) is 84.5 Å². The van der Waals surface area contributed by atoms with E-state index in [9.17, 15) is 14.4 Å². The fourth-order valence-corrected chi connectivity index (χ4v) is 2.21. The van der Waals surface area contributed by atoms with E-state index in [0.717, 1.165) is 0 Å². The van der Waals surface area contributed by atoms with Crippen LogP contribution in [-0.2, 0) is 9.53 Å². The first-order chi connectivity index (χ1) is 11.9. The minimum atomic E-state index is -1.20. The van der Waals surface area contributed by atoms with Crippen LogP contribution in [0.3, 0.4) is 0 Å². The number of nitrogens with one attached hydrogen (secondary N) is 2. The van der Waals surface area contributed by atoms with Gasteiger partial charge in [0.15, 0.2) is 6.10 Å². The summed E-state index contributed by atoms with van der Waals surface area (Å²) in [6.07, 6.45) is -1.20. The van der Waals surface area contributed by atoms with Crippen molar-refractivity contribution in [1.82, 2.24) is 5.32 Å². The van der Waals surface area contributed by atoms with Crippen LogP contribution >= 0.6 is 23.2 Å². The average Bonchev–Trinajstić information content (AvgIpc) is 2.57. The molecule has 1 unspecified atom stereocenters. The van der Waals surface area contributed by atoms with Crippen molar-refractivity contribution in [2.45, 2.75) is 13.0 Å². The molecule has 0 aromatic heterocycles. The third-order valence-corrected chi connectivity index (χ3v) is 3.91. The minimum Gasteiger partial charge on any atom is -0.449 e. The Morgan fingerprint density at radius 3 is 2.36 bits per heavy atom. The van der Waals surface area contributed by atoms with Gasteiger partial charge in [-0.05, 0) is 31.2 Å². The van der Waals surface area contributed by atoms with Crippen molar-refractivity contribution < 1.29 is 19.1 Å². The lowest BCUT2D eigenvalue weighted by Crippen LogP contribution is -2.41. The Bertz CT molecular complexity index is 796. The fraction of sp³-hybridized carbons (Fsp3) is 0.118. The summed E-state index contributed by atoms with van der Waals surface area (Å²) in [4.78, 5) is 35.8. The lowest BCUT2D eigenvalue weighted by atomic mass is 10.2. The van der Waals surface area contributed by atoms with E-state index >= 15 is 0 Å². The molecular formula is C17H14Cl2N2O4. The van der Waals surface area contributed by atoms with E-state index < -0.39 is 24.0 Å². The number of carbonyl (C=O) groups is 3. The Kier molecular flexibility index (Phi) is 6.38. The van der Waals surface area contributed by atoms with Crippen molar-refractivity contribution in [2.24, 2.45) is 0 Å². The monoisotopic (exact) mass is 380 g/mol. The molecule has 0 saturated carbocycles. The smallest absolute Gasteiger partial charge is 0.340 e. The third kappa shape index (κ3) is 5.20. The number of hydrogen-bond acceptors (Lipinski definition) is 4. The minimum absolute atomic E-state index is 0.0301. The predicted octanol–water partition coefficient (Wildman–Crippen LogP) is 3.89. The summed E-state index contributed by atoms with van der Waals surface area (Å²) in [6.45, 7) is 1.33. The summed E-state index contributed by atoms with van der Waals surface area (Å²) in [5.74, 6) is -1.60. The van der Waals surface area contributed by atoms with Gasteiger partial charge >= 0.3 is 12.0 Å². The average molecular weight is 381 g/mol. The van der Waals surface area contributed by atoms with Crippen LogP contribution in [-0.4, -0.2) is 24.0 Å². The maximum atomic E-state index is 12.1. The number of hydrogen-bond donors (Lipinski definition) is 2. The number of rotatable bonds is 4. The lowest BCUT2D eigenvalue weighted by Gasteiger charge is -2.14. The van der Waals surface area contributed by atoms with Crippen LogP contribution in [0, 0.1) is 0 Å². The molecule has 0 bridgehead atoms. The van der Waals surface area contributed by atoms with E-state index in [1.54, 1.807) is 30.3 Å². The van der Waals surface area contributed by atoms with Gasteiger partial charge in [0.05, 0.1) is 15.6 Å². The molecule has 2 aromatic carbocycles. The highest BCUT2D eigenvalue weighted by Crippen LogP contribution is 2.26. The van der Waals surface area contributed by atoms with Crippen LogP contribution in [0.4, 0.5) is 10.5 Å².